The van der Waals surface area contributed by atoms with E-state index in [2.05, 4.69) is 25.9 Å². The van der Waals surface area contributed by atoms with Gasteiger partial charge in [0.2, 0.25) is 17.7 Å². The fraction of sp³-hybridized carbons (Fsp3) is 0.708. The first-order valence-corrected chi connectivity index (χ1v) is 12.2. The first-order chi connectivity index (χ1) is 16.3. The molecule has 1 aromatic rings. The molecule has 1 heterocycles. The number of aromatic amines is 1. The molecule has 5 unspecified atom stereocenters. The van der Waals surface area contributed by atoms with Crippen LogP contribution in [0.3, 0.4) is 0 Å². The van der Waals surface area contributed by atoms with Crippen molar-refractivity contribution in [2.75, 3.05) is 0 Å². The molecule has 0 radical (unpaired) electrons. The molecule has 1 rings (SSSR count). The van der Waals surface area contributed by atoms with E-state index >= 15 is 0 Å². The normalized spacial score (nSPS) is 15.7. The number of hydrogen-bond donors (Lipinski definition) is 6. The van der Waals surface area contributed by atoms with Gasteiger partial charge in [-0.05, 0) is 30.6 Å². The number of rotatable bonds is 15. The molecule has 11 nitrogen and oxygen atoms in total. The molecule has 1 aromatic heterocycles. The highest BCUT2D eigenvalue weighted by Crippen LogP contribution is 2.13. The van der Waals surface area contributed by atoms with Gasteiger partial charge in [0.25, 0.3) is 0 Å². The average Bonchev–Trinajstić information content (AvgIpc) is 3.27. The Kier molecular flexibility index (Phi) is 12.4. The van der Waals surface area contributed by atoms with E-state index in [9.17, 15) is 24.3 Å². The lowest BCUT2D eigenvalue weighted by atomic mass is 9.95. The molecule has 0 spiro atoms. The van der Waals surface area contributed by atoms with Gasteiger partial charge < -0.3 is 31.8 Å². The summed E-state index contributed by atoms with van der Waals surface area (Å²) in [6.07, 6.45) is 4.48. The van der Waals surface area contributed by atoms with Crippen molar-refractivity contribution in [1.82, 2.24) is 25.9 Å². The maximum absolute atomic E-state index is 13.2. The van der Waals surface area contributed by atoms with Gasteiger partial charge in [0.15, 0.2) is 0 Å². The SMILES string of the molecule is CCC(C)C(NC(=O)C(CC(C)C)NC(=O)C(N)Cc1cnc[nH]1)C(=O)NC(CC(C)C)C(=O)O. The van der Waals surface area contributed by atoms with E-state index < -0.39 is 47.9 Å². The number of H-pyrrole nitrogens is 1. The highest BCUT2D eigenvalue weighted by Gasteiger charge is 2.33. The lowest BCUT2D eigenvalue weighted by molar-refractivity contribution is -0.143. The Morgan fingerprint density at radius 1 is 0.943 bits per heavy atom. The first kappa shape index (κ1) is 30.1. The zero-order chi connectivity index (χ0) is 26.7. The summed E-state index contributed by atoms with van der Waals surface area (Å²) >= 11 is 0. The summed E-state index contributed by atoms with van der Waals surface area (Å²) in [5, 5.41) is 17.5. The van der Waals surface area contributed by atoms with Gasteiger partial charge in [-0.1, -0.05) is 48.0 Å². The Morgan fingerprint density at radius 2 is 1.51 bits per heavy atom. The van der Waals surface area contributed by atoms with Gasteiger partial charge in [-0.25, -0.2) is 9.78 Å². The third-order valence-corrected chi connectivity index (χ3v) is 5.79. The number of carboxylic acid groups (broad SMARTS) is 1. The van der Waals surface area contributed by atoms with E-state index in [1.165, 1.54) is 6.33 Å². The van der Waals surface area contributed by atoms with Crippen molar-refractivity contribution in [3.05, 3.63) is 18.2 Å². The van der Waals surface area contributed by atoms with E-state index in [1.54, 1.807) is 13.1 Å². The summed E-state index contributed by atoms with van der Waals surface area (Å²) in [6.45, 7) is 11.2. The van der Waals surface area contributed by atoms with E-state index in [4.69, 9.17) is 5.73 Å². The van der Waals surface area contributed by atoms with E-state index in [0.29, 0.717) is 18.5 Å². The molecule has 198 valence electrons. The zero-order valence-corrected chi connectivity index (χ0v) is 21.6. The predicted octanol–water partition coefficient (Wildman–Crippen LogP) is 0.957. The van der Waals surface area contributed by atoms with Crippen molar-refractivity contribution in [3.8, 4) is 0 Å². The molecule has 0 fully saturated rings. The molecule has 0 aliphatic rings. The number of carbonyl (C=O) groups excluding carboxylic acids is 3. The van der Waals surface area contributed by atoms with Crippen LogP contribution in [-0.4, -0.2) is 62.9 Å². The van der Waals surface area contributed by atoms with Gasteiger partial charge in [-0.15, -0.1) is 0 Å². The van der Waals surface area contributed by atoms with Crippen LogP contribution in [-0.2, 0) is 25.6 Å². The third kappa shape index (κ3) is 10.5. The molecule has 0 saturated carbocycles. The minimum Gasteiger partial charge on any atom is -0.480 e. The summed E-state index contributed by atoms with van der Waals surface area (Å²) in [7, 11) is 0. The van der Waals surface area contributed by atoms with Crippen LogP contribution in [0.25, 0.3) is 0 Å². The third-order valence-electron chi connectivity index (χ3n) is 5.79. The molecule has 0 aliphatic carbocycles. The Bertz CT molecular complexity index is 826. The van der Waals surface area contributed by atoms with Gasteiger partial charge in [0, 0.05) is 18.3 Å². The molecule has 7 N–H and O–H groups in total. The summed E-state index contributed by atoms with van der Waals surface area (Å²) in [5.74, 6) is -2.82. The van der Waals surface area contributed by atoms with E-state index in [0.717, 1.165) is 0 Å². The number of aromatic nitrogens is 2. The van der Waals surface area contributed by atoms with Crippen LogP contribution >= 0.6 is 0 Å². The van der Waals surface area contributed by atoms with Crippen LogP contribution in [0.5, 0.6) is 0 Å². The van der Waals surface area contributed by atoms with Crippen LogP contribution in [0.4, 0.5) is 0 Å². The molecule has 35 heavy (non-hydrogen) atoms. The fourth-order valence-electron chi connectivity index (χ4n) is 3.62. The Morgan fingerprint density at radius 3 is 2.00 bits per heavy atom. The number of aliphatic carboxylic acids is 1. The number of nitrogens with zero attached hydrogens (tertiary/aromatic N) is 1. The monoisotopic (exact) mass is 494 g/mol. The molecular weight excluding hydrogens is 452 g/mol. The minimum absolute atomic E-state index is 0.0599. The molecule has 3 amide bonds. The van der Waals surface area contributed by atoms with Crippen molar-refractivity contribution in [1.29, 1.82) is 0 Å². The number of amides is 3. The van der Waals surface area contributed by atoms with Crippen LogP contribution in [0.1, 0.15) is 66.5 Å². The van der Waals surface area contributed by atoms with Crippen molar-refractivity contribution >= 4 is 23.7 Å². The first-order valence-electron chi connectivity index (χ1n) is 12.2. The molecule has 11 heteroatoms. The van der Waals surface area contributed by atoms with Gasteiger partial charge in [0.05, 0.1) is 12.4 Å². The lowest BCUT2D eigenvalue weighted by Crippen LogP contribution is -2.59. The fourth-order valence-corrected chi connectivity index (χ4v) is 3.62. The number of nitrogens with one attached hydrogen (secondary N) is 4. The van der Waals surface area contributed by atoms with Crippen molar-refractivity contribution in [3.63, 3.8) is 0 Å². The van der Waals surface area contributed by atoms with Crippen LogP contribution in [0.2, 0.25) is 0 Å². The molecule has 5 atom stereocenters. The van der Waals surface area contributed by atoms with Crippen molar-refractivity contribution in [2.24, 2.45) is 23.5 Å². The Labute approximate surface area is 207 Å². The van der Waals surface area contributed by atoms with Crippen LogP contribution in [0.15, 0.2) is 12.5 Å². The molecule has 0 saturated heterocycles. The molecular formula is C24H42N6O5. The predicted molar refractivity (Wildman–Crippen MR) is 132 cm³/mol. The minimum atomic E-state index is -1.13. The van der Waals surface area contributed by atoms with Gasteiger partial charge in [0.1, 0.15) is 18.1 Å². The van der Waals surface area contributed by atoms with Crippen molar-refractivity contribution in [2.45, 2.75) is 91.4 Å². The van der Waals surface area contributed by atoms with Gasteiger partial charge >= 0.3 is 5.97 Å². The summed E-state index contributed by atoms with van der Waals surface area (Å²) in [5.41, 5.74) is 6.71. The number of carbonyl (C=O) groups is 4. The Hall–Kier alpha value is -2.95. The van der Waals surface area contributed by atoms with Gasteiger partial charge in [-0.2, -0.15) is 0 Å². The second-order valence-corrected chi connectivity index (χ2v) is 9.98. The molecule has 0 aliphatic heterocycles. The summed E-state index contributed by atoms with van der Waals surface area (Å²) < 4.78 is 0. The Balaban J connectivity index is 2.97. The van der Waals surface area contributed by atoms with E-state index in [-0.39, 0.29) is 30.6 Å². The van der Waals surface area contributed by atoms with Crippen LogP contribution in [0, 0.1) is 17.8 Å². The summed E-state index contributed by atoms with van der Waals surface area (Å²) in [6, 6.07) is -3.80. The number of nitrogens with two attached hydrogens (primary N) is 1. The second kappa shape index (κ2) is 14.4. The van der Waals surface area contributed by atoms with Gasteiger partial charge in [-0.3, -0.25) is 14.4 Å². The largest absolute Gasteiger partial charge is 0.480 e. The van der Waals surface area contributed by atoms with E-state index in [1.807, 2.05) is 34.6 Å². The molecule has 0 aromatic carbocycles. The number of carboxylic acids is 1. The smallest absolute Gasteiger partial charge is 0.326 e. The highest BCUT2D eigenvalue weighted by molar-refractivity contribution is 5.94. The number of imidazole rings is 1. The van der Waals surface area contributed by atoms with Crippen molar-refractivity contribution < 1.29 is 24.3 Å². The quantitative estimate of drug-likeness (QED) is 0.210. The summed E-state index contributed by atoms with van der Waals surface area (Å²) in [4.78, 5) is 57.3. The maximum atomic E-state index is 13.2. The highest BCUT2D eigenvalue weighted by atomic mass is 16.4. The second-order valence-electron chi connectivity index (χ2n) is 9.98. The topological polar surface area (TPSA) is 179 Å². The standard InChI is InChI=1S/C24H42N6O5/c1-7-15(6)20(23(33)29-19(24(34)35)9-14(4)5)30-22(32)18(8-13(2)3)28-21(31)17(25)10-16-11-26-12-27-16/h11-15,17-20H,7-10,25H2,1-6H3,(H,26,27)(H,28,31)(H,29,33)(H,30,32)(H,34,35). The molecule has 0 bridgehead atoms. The number of hydrogen-bond acceptors (Lipinski definition) is 6. The maximum Gasteiger partial charge on any atom is 0.326 e. The zero-order valence-electron chi connectivity index (χ0n) is 21.6. The van der Waals surface area contributed by atoms with Crippen LogP contribution < -0.4 is 21.7 Å². The lowest BCUT2D eigenvalue weighted by Gasteiger charge is -2.29. The average molecular weight is 495 g/mol.